The first-order chi connectivity index (χ1) is 12.3. The average molecular weight is 332 g/mol. The summed E-state index contributed by atoms with van der Waals surface area (Å²) in [6, 6.07) is 20.9. The molecule has 1 fully saturated rings. The van der Waals surface area contributed by atoms with Gasteiger partial charge in [-0.3, -0.25) is 4.79 Å². The molecule has 1 aromatic heterocycles. The number of aromatic nitrogens is 1. The monoisotopic (exact) mass is 332 g/mol. The number of hydrogen-bond acceptors (Lipinski definition) is 1. The molecule has 0 bridgehead atoms. The number of hydrogen-bond donors (Lipinski definition) is 0. The Labute approximate surface area is 148 Å². The molecule has 0 saturated carbocycles. The lowest BCUT2D eigenvalue weighted by atomic mass is 9.94. The number of amides is 1. The Bertz CT molecular complexity index is 853. The number of likely N-dealkylation sites (tertiary alicyclic amines) is 1. The van der Waals surface area contributed by atoms with E-state index in [2.05, 4.69) is 58.0 Å². The van der Waals surface area contributed by atoms with Gasteiger partial charge in [0.2, 0.25) is 5.91 Å². The second kappa shape index (κ2) is 7.14. The Balaban J connectivity index is 1.50. The molecule has 128 valence electrons. The average Bonchev–Trinajstić information content (AvgIpc) is 2.90. The summed E-state index contributed by atoms with van der Waals surface area (Å²) in [5.41, 5.74) is 2.49. The fourth-order valence-electron chi connectivity index (χ4n) is 3.89. The standard InChI is InChI=1S/C22H24N2O/c25-22(17-23-15-13-19-10-4-5-12-21(19)23)24-14-7-6-11-20(16-24)18-8-2-1-3-9-18/h1-5,8-10,12-13,15,20H,6-7,11,14,16-17H2/t20-/m1/s1. The molecule has 0 radical (unpaired) electrons. The van der Waals surface area contributed by atoms with Crippen LogP contribution in [0.3, 0.4) is 0 Å². The summed E-state index contributed by atoms with van der Waals surface area (Å²) in [6.45, 7) is 2.14. The molecule has 2 aromatic carbocycles. The minimum atomic E-state index is 0.226. The zero-order valence-electron chi connectivity index (χ0n) is 14.5. The maximum atomic E-state index is 12.9. The highest BCUT2D eigenvalue weighted by atomic mass is 16.2. The minimum Gasteiger partial charge on any atom is -0.341 e. The van der Waals surface area contributed by atoms with E-state index in [-0.39, 0.29) is 5.91 Å². The Morgan fingerprint density at radius 1 is 0.960 bits per heavy atom. The Morgan fingerprint density at radius 2 is 1.76 bits per heavy atom. The molecule has 2 heterocycles. The third-order valence-corrected chi connectivity index (χ3v) is 5.28. The van der Waals surface area contributed by atoms with E-state index >= 15 is 0 Å². The van der Waals surface area contributed by atoms with E-state index in [4.69, 9.17) is 0 Å². The fraction of sp³-hybridized carbons (Fsp3) is 0.318. The quantitative estimate of drug-likeness (QED) is 0.696. The molecular weight excluding hydrogens is 308 g/mol. The van der Waals surface area contributed by atoms with Crippen LogP contribution in [0.4, 0.5) is 0 Å². The van der Waals surface area contributed by atoms with Crippen LogP contribution >= 0.6 is 0 Å². The van der Waals surface area contributed by atoms with Crippen LogP contribution in [0, 0.1) is 0 Å². The van der Waals surface area contributed by atoms with Crippen molar-refractivity contribution < 1.29 is 4.79 Å². The summed E-state index contributed by atoms with van der Waals surface area (Å²) in [5.74, 6) is 0.679. The van der Waals surface area contributed by atoms with Gasteiger partial charge >= 0.3 is 0 Å². The highest BCUT2D eigenvalue weighted by Gasteiger charge is 2.23. The molecular formula is C22H24N2O. The summed E-state index contributed by atoms with van der Waals surface area (Å²) in [5, 5.41) is 1.19. The van der Waals surface area contributed by atoms with E-state index in [9.17, 15) is 4.79 Å². The van der Waals surface area contributed by atoms with Gasteiger partial charge in [-0.15, -0.1) is 0 Å². The van der Waals surface area contributed by atoms with Gasteiger partial charge in [0.1, 0.15) is 6.54 Å². The lowest BCUT2D eigenvalue weighted by Gasteiger charge is -2.25. The summed E-state index contributed by atoms with van der Waals surface area (Å²) < 4.78 is 2.07. The number of fused-ring (bicyclic) bond motifs is 1. The molecule has 1 aliphatic heterocycles. The van der Waals surface area contributed by atoms with Crippen molar-refractivity contribution in [1.29, 1.82) is 0 Å². The molecule has 3 heteroatoms. The molecule has 3 aromatic rings. The summed E-state index contributed by atoms with van der Waals surface area (Å²) in [6.07, 6.45) is 5.48. The molecule has 0 aliphatic carbocycles. The van der Waals surface area contributed by atoms with Crippen molar-refractivity contribution in [3.8, 4) is 0 Å². The SMILES string of the molecule is O=C(Cn1ccc2ccccc21)N1CCCC[C@@H](c2ccccc2)C1. The number of rotatable bonds is 3. The van der Waals surface area contributed by atoms with Gasteiger partial charge in [-0.05, 0) is 35.9 Å². The molecule has 1 atom stereocenters. The molecule has 4 rings (SSSR count). The van der Waals surface area contributed by atoms with Gasteiger partial charge in [-0.2, -0.15) is 0 Å². The number of nitrogens with zero attached hydrogens (tertiary/aromatic N) is 2. The lowest BCUT2D eigenvalue weighted by Crippen LogP contribution is -2.36. The molecule has 1 amide bonds. The van der Waals surface area contributed by atoms with E-state index in [0.717, 1.165) is 25.0 Å². The van der Waals surface area contributed by atoms with Crippen molar-refractivity contribution in [3.05, 3.63) is 72.4 Å². The predicted octanol–water partition coefficient (Wildman–Crippen LogP) is 4.44. The summed E-state index contributed by atoms with van der Waals surface area (Å²) in [7, 11) is 0. The number of para-hydroxylation sites is 1. The van der Waals surface area contributed by atoms with Crippen LogP contribution in [-0.4, -0.2) is 28.5 Å². The second-order valence-corrected chi connectivity index (χ2v) is 6.95. The maximum Gasteiger partial charge on any atom is 0.242 e. The van der Waals surface area contributed by atoms with Crippen molar-refractivity contribution in [2.24, 2.45) is 0 Å². The van der Waals surface area contributed by atoms with E-state index in [1.807, 2.05) is 18.3 Å². The van der Waals surface area contributed by atoms with Crippen molar-refractivity contribution >= 4 is 16.8 Å². The smallest absolute Gasteiger partial charge is 0.242 e. The van der Waals surface area contributed by atoms with Gasteiger partial charge in [0.05, 0.1) is 0 Å². The van der Waals surface area contributed by atoms with Crippen LogP contribution in [0.25, 0.3) is 10.9 Å². The van der Waals surface area contributed by atoms with E-state index < -0.39 is 0 Å². The van der Waals surface area contributed by atoms with Gasteiger partial charge in [-0.1, -0.05) is 55.0 Å². The topological polar surface area (TPSA) is 25.2 Å². The van der Waals surface area contributed by atoms with E-state index in [1.165, 1.54) is 23.8 Å². The van der Waals surface area contributed by atoms with Crippen molar-refractivity contribution in [2.75, 3.05) is 13.1 Å². The summed E-state index contributed by atoms with van der Waals surface area (Å²) >= 11 is 0. The zero-order chi connectivity index (χ0) is 17.1. The second-order valence-electron chi connectivity index (χ2n) is 6.95. The zero-order valence-corrected chi connectivity index (χ0v) is 14.5. The minimum absolute atomic E-state index is 0.226. The number of benzene rings is 2. The normalized spacial score (nSPS) is 18.2. The number of carbonyl (C=O) groups excluding carboxylic acids is 1. The van der Waals surface area contributed by atoms with Gasteiger partial charge in [0.15, 0.2) is 0 Å². The van der Waals surface area contributed by atoms with Gasteiger partial charge in [-0.25, -0.2) is 0 Å². The highest BCUT2D eigenvalue weighted by Crippen LogP contribution is 2.26. The highest BCUT2D eigenvalue weighted by molar-refractivity contribution is 5.83. The van der Waals surface area contributed by atoms with Crippen molar-refractivity contribution in [1.82, 2.24) is 9.47 Å². The van der Waals surface area contributed by atoms with Crippen LogP contribution in [0.1, 0.15) is 30.7 Å². The number of carbonyl (C=O) groups is 1. The van der Waals surface area contributed by atoms with E-state index in [1.54, 1.807) is 0 Å². The first-order valence-corrected chi connectivity index (χ1v) is 9.18. The van der Waals surface area contributed by atoms with Crippen LogP contribution in [0.15, 0.2) is 66.9 Å². The molecule has 25 heavy (non-hydrogen) atoms. The third kappa shape index (κ3) is 3.46. The maximum absolute atomic E-state index is 12.9. The van der Waals surface area contributed by atoms with Crippen LogP contribution in [0.5, 0.6) is 0 Å². The van der Waals surface area contributed by atoms with Crippen LogP contribution in [-0.2, 0) is 11.3 Å². The third-order valence-electron chi connectivity index (χ3n) is 5.28. The fourth-order valence-corrected chi connectivity index (χ4v) is 3.89. The Kier molecular flexibility index (Phi) is 4.55. The lowest BCUT2D eigenvalue weighted by molar-refractivity contribution is -0.131. The molecule has 0 unspecified atom stereocenters. The summed E-state index contributed by atoms with van der Waals surface area (Å²) in [4.78, 5) is 15.0. The first-order valence-electron chi connectivity index (χ1n) is 9.18. The molecule has 1 aliphatic rings. The van der Waals surface area contributed by atoms with Crippen molar-refractivity contribution in [3.63, 3.8) is 0 Å². The van der Waals surface area contributed by atoms with Crippen molar-refractivity contribution in [2.45, 2.75) is 31.7 Å². The first kappa shape index (κ1) is 15.9. The van der Waals surface area contributed by atoms with Gasteiger partial charge < -0.3 is 9.47 Å². The Hall–Kier alpha value is -2.55. The van der Waals surface area contributed by atoms with Crippen LogP contribution in [0.2, 0.25) is 0 Å². The Morgan fingerprint density at radius 3 is 2.64 bits per heavy atom. The molecule has 0 spiro atoms. The van der Waals surface area contributed by atoms with Gasteiger partial charge in [0, 0.05) is 30.7 Å². The predicted molar refractivity (Wildman–Crippen MR) is 102 cm³/mol. The molecule has 3 nitrogen and oxygen atoms in total. The largest absolute Gasteiger partial charge is 0.341 e. The van der Waals surface area contributed by atoms with Crippen LogP contribution < -0.4 is 0 Å². The molecule has 0 N–H and O–H groups in total. The van der Waals surface area contributed by atoms with E-state index in [0.29, 0.717) is 12.5 Å². The van der Waals surface area contributed by atoms with Gasteiger partial charge in [0.25, 0.3) is 0 Å². The molecule has 1 saturated heterocycles.